The molecule has 1 aliphatic rings. The zero-order valence-corrected chi connectivity index (χ0v) is 7.54. The Hall–Kier alpha value is -0.830. The van der Waals surface area contributed by atoms with Gasteiger partial charge in [0, 0.05) is 6.20 Å². The summed E-state index contributed by atoms with van der Waals surface area (Å²) < 4.78 is 0. The molecule has 3 nitrogen and oxygen atoms in total. The smallest absolute Gasteiger partial charge is 0.0522 e. The molecule has 0 saturated heterocycles. The summed E-state index contributed by atoms with van der Waals surface area (Å²) in [7, 11) is 0. The van der Waals surface area contributed by atoms with Gasteiger partial charge < -0.3 is 5.73 Å². The molecule has 1 fully saturated rings. The van der Waals surface area contributed by atoms with Gasteiger partial charge in [0.05, 0.1) is 6.20 Å². The van der Waals surface area contributed by atoms with Gasteiger partial charge in [0.1, 0.15) is 0 Å². The summed E-state index contributed by atoms with van der Waals surface area (Å²) >= 11 is 0. The zero-order valence-electron chi connectivity index (χ0n) is 7.54. The fourth-order valence-electron chi connectivity index (χ4n) is 2.28. The molecule has 0 aromatic carbocycles. The fraction of sp³-hybridized carbons (Fsp3) is 0.667. The van der Waals surface area contributed by atoms with Crippen molar-refractivity contribution in [2.24, 2.45) is 17.1 Å². The van der Waals surface area contributed by atoms with Crippen LogP contribution in [0.4, 0.5) is 0 Å². The highest BCUT2D eigenvalue weighted by molar-refractivity contribution is 5.27. The normalized spacial score (nSPS) is 31.9. The quantitative estimate of drug-likeness (QED) is 0.689. The molecule has 1 aliphatic carbocycles. The molecule has 1 heterocycles. The van der Waals surface area contributed by atoms with Crippen LogP contribution in [0.5, 0.6) is 0 Å². The lowest BCUT2D eigenvalue weighted by Crippen LogP contribution is -2.05. The minimum absolute atomic E-state index is 0.374. The number of rotatable bonds is 2. The summed E-state index contributed by atoms with van der Waals surface area (Å²) in [5.41, 5.74) is 7.35. The first kappa shape index (κ1) is 7.80. The Morgan fingerprint density at radius 1 is 1.67 bits per heavy atom. The van der Waals surface area contributed by atoms with E-state index in [9.17, 15) is 0 Å². The van der Waals surface area contributed by atoms with Crippen LogP contribution in [0, 0.1) is 11.3 Å². The van der Waals surface area contributed by atoms with Gasteiger partial charge in [-0.3, -0.25) is 5.10 Å². The number of H-pyrrole nitrogens is 1. The molecule has 0 radical (unpaired) electrons. The lowest BCUT2D eigenvalue weighted by Gasteiger charge is -1.98. The maximum atomic E-state index is 5.68. The third-order valence-corrected chi connectivity index (χ3v) is 3.18. The van der Waals surface area contributed by atoms with Gasteiger partial charge >= 0.3 is 0 Å². The largest absolute Gasteiger partial charge is 0.330 e. The molecule has 0 amide bonds. The Labute approximate surface area is 72.4 Å². The van der Waals surface area contributed by atoms with Crippen molar-refractivity contribution >= 4 is 0 Å². The van der Waals surface area contributed by atoms with Gasteiger partial charge in [0.2, 0.25) is 0 Å². The molecular formula is C9H15N3. The number of nitrogens with zero attached hydrogens (tertiary/aromatic N) is 1. The highest BCUT2D eigenvalue weighted by Crippen LogP contribution is 2.63. The van der Waals surface area contributed by atoms with E-state index in [4.69, 9.17) is 5.73 Å². The lowest BCUT2D eigenvalue weighted by atomic mass is 10.1. The molecule has 1 aromatic heterocycles. The van der Waals surface area contributed by atoms with E-state index >= 15 is 0 Å². The number of nitrogens with one attached hydrogen (secondary N) is 1. The van der Waals surface area contributed by atoms with Crippen molar-refractivity contribution in [1.29, 1.82) is 0 Å². The van der Waals surface area contributed by atoms with Gasteiger partial charge in [-0.25, -0.2) is 0 Å². The van der Waals surface area contributed by atoms with E-state index in [1.54, 1.807) is 0 Å². The molecule has 2 rings (SSSR count). The summed E-state index contributed by atoms with van der Waals surface area (Å²) in [6, 6.07) is 0. The monoisotopic (exact) mass is 165 g/mol. The summed E-state index contributed by atoms with van der Waals surface area (Å²) in [6.07, 6.45) is 3.88. The Kier molecular flexibility index (Phi) is 1.51. The Balaban J connectivity index is 2.19. The molecule has 12 heavy (non-hydrogen) atoms. The van der Waals surface area contributed by atoms with E-state index in [0.29, 0.717) is 17.3 Å². The summed E-state index contributed by atoms with van der Waals surface area (Å²) in [6.45, 7) is 5.31. The Morgan fingerprint density at radius 3 is 2.83 bits per heavy atom. The van der Waals surface area contributed by atoms with Crippen molar-refractivity contribution in [2.45, 2.75) is 19.8 Å². The zero-order chi connectivity index (χ0) is 8.77. The molecule has 3 N–H and O–H groups in total. The maximum Gasteiger partial charge on any atom is 0.0522 e. The molecule has 0 spiro atoms. The third-order valence-electron chi connectivity index (χ3n) is 3.18. The average molecular weight is 165 g/mol. The topological polar surface area (TPSA) is 54.7 Å². The summed E-state index contributed by atoms with van der Waals surface area (Å²) in [4.78, 5) is 0. The van der Waals surface area contributed by atoms with E-state index in [-0.39, 0.29) is 0 Å². The number of aromatic amines is 1. The van der Waals surface area contributed by atoms with Crippen LogP contribution >= 0.6 is 0 Å². The number of aromatic nitrogens is 2. The number of hydrogen-bond donors (Lipinski definition) is 2. The third kappa shape index (κ3) is 0.894. The van der Waals surface area contributed by atoms with Crippen molar-refractivity contribution in [2.75, 3.05) is 6.54 Å². The maximum absolute atomic E-state index is 5.68. The molecule has 1 aromatic rings. The molecule has 0 unspecified atom stereocenters. The van der Waals surface area contributed by atoms with Crippen LogP contribution in [0.15, 0.2) is 12.4 Å². The van der Waals surface area contributed by atoms with Crippen LogP contribution in [-0.4, -0.2) is 16.7 Å². The molecule has 66 valence electrons. The van der Waals surface area contributed by atoms with Crippen molar-refractivity contribution < 1.29 is 0 Å². The summed E-state index contributed by atoms with van der Waals surface area (Å²) in [5, 5.41) is 6.79. The second-order valence-corrected chi connectivity index (χ2v) is 4.17. The first-order valence-corrected chi connectivity index (χ1v) is 4.36. The summed E-state index contributed by atoms with van der Waals surface area (Å²) in [5.74, 6) is 1.25. The van der Waals surface area contributed by atoms with E-state index in [0.717, 1.165) is 6.54 Å². The van der Waals surface area contributed by atoms with E-state index < -0.39 is 0 Å². The molecule has 0 bridgehead atoms. The first-order chi connectivity index (χ1) is 5.68. The van der Waals surface area contributed by atoms with Crippen LogP contribution in [-0.2, 0) is 0 Å². The number of hydrogen-bond acceptors (Lipinski definition) is 2. The van der Waals surface area contributed by atoms with Gasteiger partial charge in [-0.05, 0) is 29.4 Å². The molecule has 0 aliphatic heterocycles. The average Bonchev–Trinajstić information content (AvgIpc) is 2.50. The van der Waals surface area contributed by atoms with E-state index in [1.165, 1.54) is 5.56 Å². The van der Waals surface area contributed by atoms with Gasteiger partial charge in [-0.2, -0.15) is 5.10 Å². The second kappa shape index (κ2) is 2.33. The minimum Gasteiger partial charge on any atom is -0.330 e. The van der Waals surface area contributed by atoms with Crippen LogP contribution in [0.3, 0.4) is 0 Å². The minimum atomic E-state index is 0.374. The molecule has 2 atom stereocenters. The predicted octanol–water partition coefficient (Wildman–Crippen LogP) is 1.11. The van der Waals surface area contributed by atoms with Crippen molar-refractivity contribution in [3.8, 4) is 0 Å². The molecule has 3 heteroatoms. The van der Waals surface area contributed by atoms with Crippen LogP contribution in [0.25, 0.3) is 0 Å². The van der Waals surface area contributed by atoms with Gasteiger partial charge in [-0.15, -0.1) is 0 Å². The Bertz CT molecular complexity index is 263. The lowest BCUT2D eigenvalue weighted by molar-refractivity contribution is 0.558. The van der Waals surface area contributed by atoms with Gasteiger partial charge in [-0.1, -0.05) is 13.8 Å². The predicted molar refractivity (Wildman–Crippen MR) is 47.7 cm³/mol. The number of nitrogens with two attached hydrogens (primary N) is 1. The molecular weight excluding hydrogens is 150 g/mol. The van der Waals surface area contributed by atoms with Gasteiger partial charge in [0.15, 0.2) is 0 Å². The highest BCUT2D eigenvalue weighted by Gasteiger charge is 2.57. The highest BCUT2D eigenvalue weighted by atomic mass is 15.1. The SMILES string of the molecule is CC1(C)[C@H](CN)[C@H]1c1cn[nH]c1. The standard InChI is InChI=1S/C9H15N3/c1-9(2)7(3-10)8(9)6-4-11-12-5-6/h4-5,7-8H,3,10H2,1-2H3,(H,11,12)/t7-,8-/m1/s1. The first-order valence-electron chi connectivity index (χ1n) is 4.36. The Morgan fingerprint density at radius 2 is 2.42 bits per heavy atom. The van der Waals surface area contributed by atoms with Gasteiger partial charge in [0.25, 0.3) is 0 Å². The second-order valence-electron chi connectivity index (χ2n) is 4.17. The van der Waals surface area contributed by atoms with Crippen LogP contribution in [0.1, 0.15) is 25.3 Å². The van der Waals surface area contributed by atoms with Crippen LogP contribution < -0.4 is 5.73 Å². The van der Waals surface area contributed by atoms with Crippen molar-refractivity contribution in [3.05, 3.63) is 18.0 Å². The van der Waals surface area contributed by atoms with Crippen LogP contribution in [0.2, 0.25) is 0 Å². The van der Waals surface area contributed by atoms with E-state index in [2.05, 4.69) is 24.0 Å². The molecule has 1 saturated carbocycles. The van der Waals surface area contributed by atoms with E-state index in [1.807, 2.05) is 12.4 Å². The van der Waals surface area contributed by atoms with Crippen molar-refractivity contribution in [1.82, 2.24) is 10.2 Å². The fourth-order valence-corrected chi connectivity index (χ4v) is 2.28. The van der Waals surface area contributed by atoms with Crippen molar-refractivity contribution in [3.63, 3.8) is 0 Å².